The lowest BCUT2D eigenvalue weighted by atomic mass is 9.94. The van der Waals surface area contributed by atoms with Crippen molar-refractivity contribution in [1.29, 1.82) is 0 Å². The lowest BCUT2D eigenvalue weighted by Crippen LogP contribution is -2.53. The molecular weight excluding hydrogens is 112 g/mol. The fraction of sp³-hybridized carbons (Fsp3) is 1.00. The van der Waals surface area contributed by atoms with Gasteiger partial charge in [-0.3, -0.25) is 0 Å². The first-order valence-corrected chi connectivity index (χ1v) is 3.68. The van der Waals surface area contributed by atoms with Crippen LogP contribution < -0.4 is 10.6 Å². The second-order valence-corrected chi connectivity index (χ2v) is 3.02. The summed E-state index contributed by atoms with van der Waals surface area (Å²) in [5, 5.41) is 6.70. The smallest absolute Gasteiger partial charge is 0.0458 e. The molecule has 1 rings (SSSR count). The van der Waals surface area contributed by atoms with Gasteiger partial charge in [0.2, 0.25) is 0 Å². The Hall–Kier alpha value is -0.0800. The van der Waals surface area contributed by atoms with Gasteiger partial charge in [0.25, 0.3) is 0 Å². The van der Waals surface area contributed by atoms with Gasteiger partial charge in [0, 0.05) is 18.8 Å². The third kappa shape index (κ3) is 1.43. The van der Waals surface area contributed by atoms with Crippen LogP contribution in [0, 0.1) is 5.92 Å². The summed E-state index contributed by atoms with van der Waals surface area (Å²) in [6, 6.07) is 1.34. The first kappa shape index (κ1) is 7.03. The van der Waals surface area contributed by atoms with Gasteiger partial charge in [-0.15, -0.1) is 0 Å². The Kier molecular flexibility index (Phi) is 2.09. The van der Waals surface area contributed by atoms with Crippen molar-refractivity contribution >= 4 is 0 Å². The lowest BCUT2D eigenvalue weighted by molar-refractivity contribution is 0.250. The summed E-state index contributed by atoms with van der Waals surface area (Å²) in [5.41, 5.74) is 0. The summed E-state index contributed by atoms with van der Waals surface area (Å²) in [5.74, 6) is 0.749. The molecule has 1 saturated heterocycles. The van der Waals surface area contributed by atoms with E-state index in [9.17, 15) is 0 Å². The highest BCUT2D eigenvalue weighted by Gasteiger charge is 2.21. The molecule has 0 radical (unpaired) electrons. The quantitative estimate of drug-likeness (QED) is 0.498. The van der Waals surface area contributed by atoms with Crippen molar-refractivity contribution < 1.29 is 0 Å². The van der Waals surface area contributed by atoms with Crippen molar-refractivity contribution in [2.75, 3.05) is 6.67 Å². The fourth-order valence-electron chi connectivity index (χ4n) is 1.19. The van der Waals surface area contributed by atoms with E-state index in [2.05, 4.69) is 31.4 Å². The van der Waals surface area contributed by atoms with Gasteiger partial charge < -0.3 is 10.6 Å². The van der Waals surface area contributed by atoms with Crippen LogP contribution in [0.5, 0.6) is 0 Å². The monoisotopic (exact) mass is 128 g/mol. The highest BCUT2D eigenvalue weighted by atomic mass is 15.1. The molecule has 2 atom stereocenters. The van der Waals surface area contributed by atoms with Crippen LogP contribution in [0.15, 0.2) is 0 Å². The molecule has 0 aromatic carbocycles. The van der Waals surface area contributed by atoms with Crippen molar-refractivity contribution in [3.05, 3.63) is 0 Å². The molecule has 0 aromatic heterocycles. The largest absolute Gasteiger partial charge is 0.302 e. The molecule has 54 valence electrons. The van der Waals surface area contributed by atoms with E-state index in [0.29, 0.717) is 12.1 Å². The standard InChI is InChI=1S/C7H16N2/c1-5-6(2)8-4-9-7(5)3/h5-9H,4H2,1-3H3. The van der Waals surface area contributed by atoms with Gasteiger partial charge in [-0.25, -0.2) is 0 Å². The molecule has 0 spiro atoms. The third-order valence-electron chi connectivity index (χ3n) is 2.43. The van der Waals surface area contributed by atoms with Gasteiger partial charge in [0.1, 0.15) is 0 Å². The minimum absolute atomic E-state index is 0.668. The number of rotatable bonds is 0. The summed E-state index contributed by atoms with van der Waals surface area (Å²) in [6.07, 6.45) is 0. The summed E-state index contributed by atoms with van der Waals surface area (Å²) < 4.78 is 0. The average Bonchev–Trinajstić information content (AvgIpc) is 1.83. The Morgan fingerprint density at radius 3 is 1.78 bits per heavy atom. The van der Waals surface area contributed by atoms with Crippen molar-refractivity contribution in [3.63, 3.8) is 0 Å². The van der Waals surface area contributed by atoms with Crippen molar-refractivity contribution in [2.24, 2.45) is 5.92 Å². The lowest BCUT2D eigenvalue weighted by Gasteiger charge is -2.33. The molecule has 0 aromatic rings. The second-order valence-electron chi connectivity index (χ2n) is 3.02. The SMILES string of the molecule is CC1NCNC(C)C1C. The van der Waals surface area contributed by atoms with E-state index in [-0.39, 0.29) is 0 Å². The Balaban J connectivity index is 2.41. The number of hydrogen-bond acceptors (Lipinski definition) is 2. The highest BCUT2D eigenvalue weighted by molar-refractivity contribution is 4.81. The predicted molar refractivity (Wildman–Crippen MR) is 39.2 cm³/mol. The summed E-state index contributed by atoms with van der Waals surface area (Å²) in [6.45, 7) is 7.71. The van der Waals surface area contributed by atoms with Crippen LogP contribution in [0.2, 0.25) is 0 Å². The molecule has 1 fully saturated rings. The Bertz CT molecular complexity index is 82.9. The number of nitrogens with one attached hydrogen (secondary N) is 2. The van der Waals surface area contributed by atoms with Gasteiger partial charge in [-0.2, -0.15) is 0 Å². The molecule has 0 saturated carbocycles. The Morgan fingerprint density at radius 2 is 1.44 bits per heavy atom. The van der Waals surface area contributed by atoms with Crippen molar-refractivity contribution in [1.82, 2.24) is 10.6 Å². The summed E-state index contributed by atoms with van der Waals surface area (Å²) in [7, 11) is 0. The average molecular weight is 128 g/mol. The fourth-order valence-corrected chi connectivity index (χ4v) is 1.19. The van der Waals surface area contributed by atoms with E-state index in [0.717, 1.165) is 12.6 Å². The van der Waals surface area contributed by atoms with E-state index in [1.165, 1.54) is 0 Å². The zero-order chi connectivity index (χ0) is 6.85. The van der Waals surface area contributed by atoms with Crippen LogP contribution in [0.4, 0.5) is 0 Å². The molecular formula is C7H16N2. The van der Waals surface area contributed by atoms with Gasteiger partial charge in [-0.05, 0) is 19.8 Å². The third-order valence-corrected chi connectivity index (χ3v) is 2.43. The number of hydrogen-bond donors (Lipinski definition) is 2. The van der Waals surface area contributed by atoms with Gasteiger partial charge in [0.05, 0.1) is 0 Å². The first-order chi connectivity index (χ1) is 4.22. The predicted octanol–water partition coefficient (Wildman–Crippen LogP) is 0.550. The topological polar surface area (TPSA) is 24.1 Å². The van der Waals surface area contributed by atoms with E-state index < -0.39 is 0 Å². The summed E-state index contributed by atoms with van der Waals surface area (Å²) in [4.78, 5) is 0. The molecule has 1 aliphatic heterocycles. The maximum Gasteiger partial charge on any atom is 0.0458 e. The maximum absolute atomic E-state index is 3.35. The molecule has 0 bridgehead atoms. The first-order valence-electron chi connectivity index (χ1n) is 3.68. The van der Waals surface area contributed by atoms with Crippen molar-refractivity contribution in [2.45, 2.75) is 32.9 Å². The van der Waals surface area contributed by atoms with Crippen LogP contribution in [0.1, 0.15) is 20.8 Å². The zero-order valence-electron chi connectivity index (χ0n) is 6.44. The molecule has 1 aliphatic rings. The van der Waals surface area contributed by atoms with E-state index >= 15 is 0 Å². The van der Waals surface area contributed by atoms with Crippen molar-refractivity contribution in [3.8, 4) is 0 Å². The zero-order valence-corrected chi connectivity index (χ0v) is 6.44. The van der Waals surface area contributed by atoms with E-state index in [1.807, 2.05) is 0 Å². The molecule has 0 aliphatic carbocycles. The molecule has 2 nitrogen and oxygen atoms in total. The Morgan fingerprint density at radius 1 is 1.00 bits per heavy atom. The highest BCUT2D eigenvalue weighted by Crippen LogP contribution is 2.10. The minimum atomic E-state index is 0.668. The van der Waals surface area contributed by atoms with Gasteiger partial charge in [0.15, 0.2) is 0 Å². The molecule has 0 amide bonds. The molecule has 2 N–H and O–H groups in total. The molecule has 1 heterocycles. The molecule has 2 unspecified atom stereocenters. The van der Waals surface area contributed by atoms with E-state index in [1.54, 1.807) is 0 Å². The molecule has 9 heavy (non-hydrogen) atoms. The van der Waals surface area contributed by atoms with Crippen LogP contribution in [0.3, 0.4) is 0 Å². The molecule has 2 heteroatoms. The Labute approximate surface area is 57.0 Å². The van der Waals surface area contributed by atoms with Crippen LogP contribution in [-0.4, -0.2) is 18.8 Å². The van der Waals surface area contributed by atoms with Gasteiger partial charge in [-0.1, -0.05) is 6.92 Å². The summed E-state index contributed by atoms with van der Waals surface area (Å²) >= 11 is 0. The van der Waals surface area contributed by atoms with Gasteiger partial charge >= 0.3 is 0 Å². The van der Waals surface area contributed by atoms with E-state index in [4.69, 9.17) is 0 Å². The van der Waals surface area contributed by atoms with Crippen LogP contribution in [-0.2, 0) is 0 Å². The second kappa shape index (κ2) is 2.67. The minimum Gasteiger partial charge on any atom is -0.302 e. The normalized spacial score (nSPS) is 45.0. The van der Waals surface area contributed by atoms with Crippen LogP contribution in [0.25, 0.3) is 0 Å². The van der Waals surface area contributed by atoms with Crippen LogP contribution >= 0.6 is 0 Å². The maximum atomic E-state index is 3.35.